The van der Waals surface area contributed by atoms with Crippen LogP contribution in [0.25, 0.3) is 0 Å². The minimum atomic E-state index is -0.228. The molecule has 0 radical (unpaired) electrons. The average molecular weight is 215 g/mol. The Morgan fingerprint density at radius 2 is 2.29 bits per heavy atom. The van der Waals surface area contributed by atoms with Gasteiger partial charge in [-0.3, -0.25) is 4.79 Å². The Morgan fingerprint density at radius 3 is 2.79 bits per heavy atom. The molecule has 1 heterocycles. The van der Waals surface area contributed by atoms with Gasteiger partial charge in [0.15, 0.2) is 11.0 Å². The fourth-order valence-corrected chi connectivity index (χ4v) is 1.62. The summed E-state index contributed by atoms with van der Waals surface area (Å²) in [5, 5.41) is 3.03. The standard InChI is InChI=1S/C9H11ClN2O2/c10-8-2-1-7(14-8)9(13)12-6-3-5(11)4-6/h1-2,5-6H,3-4,11H2,(H,12,13). The van der Waals surface area contributed by atoms with Crippen molar-refractivity contribution in [2.45, 2.75) is 24.9 Å². The largest absolute Gasteiger partial charge is 0.440 e. The summed E-state index contributed by atoms with van der Waals surface area (Å²) in [6, 6.07) is 3.50. The Morgan fingerprint density at radius 1 is 1.57 bits per heavy atom. The molecule has 5 heteroatoms. The molecule has 2 rings (SSSR count). The van der Waals surface area contributed by atoms with Gasteiger partial charge in [0.2, 0.25) is 0 Å². The summed E-state index contributed by atoms with van der Waals surface area (Å²) in [7, 11) is 0. The molecule has 0 saturated heterocycles. The second-order valence-corrected chi connectivity index (χ2v) is 3.88. The Labute approximate surface area is 86.4 Å². The molecule has 76 valence electrons. The highest BCUT2D eigenvalue weighted by Gasteiger charge is 2.28. The molecule has 1 aromatic heterocycles. The van der Waals surface area contributed by atoms with E-state index in [0.29, 0.717) is 0 Å². The molecule has 14 heavy (non-hydrogen) atoms. The van der Waals surface area contributed by atoms with E-state index in [1.165, 1.54) is 0 Å². The van der Waals surface area contributed by atoms with Gasteiger partial charge in [0.25, 0.3) is 5.91 Å². The topological polar surface area (TPSA) is 68.3 Å². The summed E-state index contributed by atoms with van der Waals surface area (Å²) >= 11 is 5.55. The number of amides is 1. The van der Waals surface area contributed by atoms with E-state index in [-0.39, 0.29) is 29.0 Å². The zero-order valence-electron chi connectivity index (χ0n) is 7.50. The Hall–Kier alpha value is -1.00. The van der Waals surface area contributed by atoms with E-state index in [1.807, 2.05) is 0 Å². The van der Waals surface area contributed by atoms with Crippen molar-refractivity contribution in [3.05, 3.63) is 23.1 Å². The molecule has 0 bridgehead atoms. The van der Waals surface area contributed by atoms with Gasteiger partial charge in [-0.2, -0.15) is 0 Å². The van der Waals surface area contributed by atoms with Crippen molar-refractivity contribution in [2.75, 3.05) is 0 Å². The van der Waals surface area contributed by atoms with Crippen LogP contribution in [0.3, 0.4) is 0 Å². The third kappa shape index (κ3) is 1.91. The van der Waals surface area contributed by atoms with Gasteiger partial charge >= 0.3 is 0 Å². The predicted octanol–water partition coefficient (Wildman–Crippen LogP) is 1.15. The fraction of sp³-hybridized carbons (Fsp3) is 0.444. The Balaban J connectivity index is 1.90. The number of furan rings is 1. The van der Waals surface area contributed by atoms with Crippen molar-refractivity contribution >= 4 is 17.5 Å². The average Bonchev–Trinajstić information content (AvgIpc) is 2.49. The van der Waals surface area contributed by atoms with Crippen LogP contribution in [0, 0.1) is 0 Å². The normalized spacial score (nSPS) is 25.6. The summed E-state index contributed by atoms with van der Waals surface area (Å²) in [4.78, 5) is 11.5. The second-order valence-electron chi connectivity index (χ2n) is 3.51. The van der Waals surface area contributed by atoms with E-state index in [4.69, 9.17) is 21.8 Å². The molecule has 1 saturated carbocycles. The number of nitrogens with two attached hydrogens (primary N) is 1. The molecule has 1 aliphatic rings. The maximum atomic E-state index is 11.5. The molecule has 1 amide bonds. The Kier molecular flexibility index (Phi) is 2.48. The van der Waals surface area contributed by atoms with Crippen LogP contribution in [0.4, 0.5) is 0 Å². The molecular formula is C9H11ClN2O2. The minimum Gasteiger partial charge on any atom is -0.440 e. The number of carbonyl (C=O) groups is 1. The van der Waals surface area contributed by atoms with Crippen LogP contribution in [0.1, 0.15) is 23.4 Å². The van der Waals surface area contributed by atoms with Crippen LogP contribution in [0.15, 0.2) is 16.5 Å². The lowest BCUT2D eigenvalue weighted by atomic mass is 9.87. The van der Waals surface area contributed by atoms with Gasteiger partial charge in [-0.1, -0.05) is 0 Å². The first-order valence-electron chi connectivity index (χ1n) is 4.47. The lowest BCUT2D eigenvalue weighted by Gasteiger charge is -2.32. The smallest absolute Gasteiger partial charge is 0.287 e. The van der Waals surface area contributed by atoms with Crippen molar-refractivity contribution < 1.29 is 9.21 Å². The van der Waals surface area contributed by atoms with E-state index in [1.54, 1.807) is 12.1 Å². The first kappa shape index (κ1) is 9.55. The molecule has 1 aromatic rings. The van der Waals surface area contributed by atoms with Gasteiger partial charge in [-0.15, -0.1) is 0 Å². The van der Waals surface area contributed by atoms with Gasteiger partial charge in [-0.05, 0) is 36.6 Å². The van der Waals surface area contributed by atoms with Crippen molar-refractivity contribution in [1.29, 1.82) is 0 Å². The van der Waals surface area contributed by atoms with Crippen LogP contribution in [-0.2, 0) is 0 Å². The summed E-state index contributed by atoms with van der Waals surface area (Å²) in [6.45, 7) is 0. The molecule has 1 fully saturated rings. The van der Waals surface area contributed by atoms with Gasteiger partial charge in [0.05, 0.1) is 0 Å². The van der Waals surface area contributed by atoms with Crippen molar-refractivity contribution in [3.8, 4) is 0 Å². The molecule has 1 aliphatic carbocycles. The molecular weight excluding hydrogens is 204 g/mol. The summed E-state index contributed by atoms with van der Waals surface area (Å²) < 4.78 is 4.96. The first-order valence-corrected chi connectivity index (χ1v) is 4.85. The van der Waals surface area contributed by atoms with Crippen LogP contribution in [0.2, 0.25) is 5.22 Å². The highest BCUT2D eigenvalue weighted by atomic mass is 35.5. The lowest BCUT2D eigenvalue weighted by molar-refractivity contribution is 0.0882. The van der Waals surface area contributed by atoms with Crippen LogP contribution in [-0.4, -0.2) is 18.0 Å². The molecule has 0 aromatic carbocycles. The molecule has 0 atom stereocenters. The Bertz CT molecular complexity index is 344. The molecule has 0 unspecified atom stereocenters. The number of halogens is 1. The van der Waals surface area contributed by atoms with Crippen molar-refractivity contribution in [1.82, 2.24) is 5.32 Å². The van der Waals surface area contributed by atoms with E-state index in [2.05, 4.69) is 5.32 Å². The van der Waals surface area contributed by atoms with E-state index in [0.717, 1.165) is 12.8 Å². The van der Waals surface area contributed by atoms with E-state index < -0.39 is 0 Å². The SMILES string of the molecule is NC1CC(NC(=O)c2ccc(Cl)o2)C1. The quantitative estimate of drug-likeness (QED) is 0.776. The van der Waals surface area contributed by atoms with E-state index in [9.17, 15) is 4.79 Å². The van der Waals surface area contributed by atoms with Crippen LogP contribution in [0.5, 0.6) is 0 Å². The first-order chi connectivity index (χ1) is 6.65. The van der Waals surface area contributed by atoms with Gasteiger partial charge < -0.3 is 15.5 Å². The minimum absolute atomic E-state index is 0.182. The second kappa shape index (κ2) is 3.63. The zero-order valence-corrected chi connectivity index (χ0v) is 8.25. The molecule has 0 spiro atoms. The number of hydrogen-bond acceptors (Lipinski definition) is 3. The van der Waals surface area contributed by atoms with Gasteiger partial charge in [-0.25, -0.2) is 0 Å². The predicted molar refractivity (Wildman–Crippen MR) is 52.2 cm³/mol. The van der Waals surface area contributed by atoms with Crippen molar-refractivity contribution in [3.63, 3.8) is 0 Å². The fourth-order valence-electron chi connectivity index (χ4n) is 1.47. The van der Waals surface area contributed by atoms with Gasteiger partial charge in [0, 0.05) is 12.1 Å². The summed E-state index contributed by atoms with van der Waals surface area (Å²) in [6.07, 6.45) is 1.67. The van der Waals surface area contributed by atoms with Crippen LogP contribution >= 0.6 is 11.6 Å². The van der Waals surface area contributed by atoms with E-state index >= 15 is 0 Å². The third-order valence-electron chi connectivity index (χ3n) is 2.31. The number of hydrogen-bond donors (Lipinski definition) is 2. The number of rotatable bonds is 2. The summed E-state index contributed by atoms with van der Waals surface area (Å²) in [5.41, 5.74) is 5.59. The molecule has 3 N–H and O–H groups in total. The van der Waals surface area contributed by atoms with Crippen LogP contribution < -0.4 is 11.1 Å². The highest BCUT2D eigenvalue weighted by molar-refractivity contribution is 6.29. The zero-order chi connectivity index (χ0) is 10.1. The molecule has 4 nitrogen and oxygen atoms in total. The highest BCUT2D eigenvalue weighted by Crippen LogP contribution is 2.19. The lowest BCUT2D eigenvalue weighted by Crippen LogP contribution is -2.50. The maximum Gasteiger partial charge on any atom is 0.287 e. The van der Waals surface area contributed by atoms with Crippen molar-refractivity contribution in [2.24, 2.45) is 5.73 Å². The number of carbonyl (C=O) groups excluding carboxylic acids is 1. The maximum absolute atomic E-state index is 11.5. The monoisotopic (exact) mass is 214 g/mol. The molecule has 0 aliphatic heterocycles. The number of nitrogens with one attached hydrogen (secondary N) is 1. The third-order valence-corrected chi connectivity index (χ3v) is 2.51. The summed E-state index contributed by atoms with van der Waals surface area (Å²) in [5.74, 6) is 0.0178. The van der Waals surface area contributed by atoms with Gasteiger partial charge in [0.1, 0.15) is 0 Å².